The zero-order valence-electron chi connectivity index (χ0n) is 10.5. The number of rotatable bonds is 4. The number of nitrogens with zero attached hydrogens (tertiary/aromatic N) is 1. The van der Waals surface area contributed by atoms with Crippen molar-refractivity contribution in [1.82, 2.24) is 10.2 Å². The van der Waals surface area contributed by atoms with Gasteiger partial charge in [-0.3, -0.25) is 0 Å². The molecule has 1 aliphatic rings. The molecule has 2 rings (SSSR count). The van der Waals surface area contributed by atoms with E-state index < -0.39 is 0 Å². The van der Waals surface area contributed by atoms with E-state index in [4.69, 9.17) is 0 Å². The van der Waals surface area contributed by atoms with Crippen LogP contribution in [0.15, 0.2) is 24.3 Å². The number of piperidine rings is 1. The van der Waals surface area contributed by atoms with E-state index in [2.05, 4.69) is 17.1 Å². The van der Waals surface area contributed by atoms with Gasteiger partial charge in [-0.25, -0.2) is 4.39 Å². The summed E-state index contributed by atoms with van der Waals surface area (Å²) in [5.41, 5.74) is 1.03. The van der Waals surface area contributed by atoms with E-state index in [-0.39, 0.29) is 5.82 Å². The molecule has 1 N–H and O–H groups in total. The summed E-state index contributed by atoms with van der Waals surface area (Å²) < 4.78 is 13.0. The van der Waals surface area contributed by atoms with E-state index in [9.17, 15) is 4.39 Å². The molecule has 3 heteroatoms. The first kappa shape index (κ1) is 12.5. The Labute approximate surface area is 103 Å². The molecule has 0 saturated carbocycles. The maximum Gasteiger partial charge on any atom is 0.123 e. The molecule has 0 aliphatic carbocycles. The van der Waals surface area contributed by atoms with Crippen LogP contribution in [-0.4, -0.2) is 30.6 Å². The normalized spacial score (nSPS) is 18.5. The Bertz CT molecular complexity index is 346. The van der Waals surface area contributed by atoms with Crippen molar-refractivity contribution in [1.29, 1.82) is 0 Å². The molecular weight excluding hydrogens is 215 g/mol. The molecular formula is C14H21FN2. The monoisotopic (exact) mass is 236 g/mol. The van der Waals surface area contributed by atoms with Crippen LogP contribution >= 0.6 is 0 Å². The van der Waals surface area contributed by atoms with Gasteiger partial charge in [-0.15, -0.1) is 0 Å². The number of hydrogen-bond donors (Lipinski definition) is 1. The van der Waals surface area contributed by atoms with Crippen molar-refractivity contribution >= 4 is 0 Å². The van der Waals surface area contributed by atoms with Gasteiger partial charge in [0.1, 0.15) is 5.82 Å². The Morgan fingerprint density at radius 1 is 1.35 bits per heavy atom. The van der Waals surface area contributed by atoms with Gasteiger partial charge in [-0.05, 0) is 50.2 Å². The highest BCUT2D eigenvalue weighted by Gasteiger charge is 2.17. The third kappa shape index (κ3) is 3.79. The van der Waals surface area contributed by atoms with Gasteiger partial charge in [-0.2, -0.15) is 0 Å². The molecule has 1 aromatic rings. The fourth-order valence-corrected chi connectivity index (χ4v) is 2.36. The molecule has 1 heterocycles. The van der Waals surface area contributed by atoms with Crippen LogP contribution in [0.25, 0.3) is 0 Å². The van der Waals surface area contributed by atoms with Crippen LogP contribution in [0, 0.1) is 5.82 Å². The van der Waals surface area contributed by atoms with E-state index in [1.165, 1.54) is 32.0 Å². The zero-order valence-corrected chi connectivity index (χ0v) is 10.5. The first-order valence-corrected chi connectivity index (χ1v) is 6.48. The summed E-state index contributed by atoms with van der Waals surface area (Å²) in [7, 11) is 0. The second kappa shape index (κ2) is 6.12. The minimum Gasteiger partial charge on any atom is -0.310 e. The van der Waals surface area contributed by atoms with Crippen LogP contribution in [0.2, 0.25) is 0 Å². The summed E-state index contributed by atoms with van der Waals surface area (Å²) in [6.07, 6.45) is 2.40. The van der Waals surface area contributed by atoms with Crippen molar-refractivity contribution in [3.8, 4) is 0 Å². The van der Waals surface area contributed by atoms with Crippen LogP contribution in [0.5, 0.6) is 0 Å². The van der Waals surface area contributed by atoms with Crippen LogP contribution in [0.4, 0.5) is 4.39 Å². The average molecular weight is 236 g/mol. The maximum atomic E-state index is 13.0. The van der Waals surface area contributed by atoms with Crippen molar-refractivity contribution < 1.29 is 4.39 Å². The second-order valence-electron chi connectivity index (χ2n) is 4.72. The van der Waals surface area contributed by atoms with Crippen LogP contribution in [-0.2, 0) is 6.54 Å². The summed E-state index contributed by atoms with van der Waals surface area (Å²) in [5, 5.41) is 3.52. The summed E-state index contributed by atoms with van der Waals surface area (Å²) in [5.74, 6) is -0.148. The lowest BCUT2D eigenvalue weighted by Crippen LogP contribution is -2.42. The lowest BCUT2D eigenvalue weighted by atomic mass is 10.0. The molecule has 0 amide bonds. The Hall–Kier alpha value is -0.930. The predicted molar refractivity (Wildman–Crippen MR) is 68.4 cm³/mol. The third-order valence-electron chi connectivity index (χ3n) is 3.52. The van der Waals surface area contributed by atoms with Gasteiger partial charge in [0, 0.05) is 12.6 Å². The Balaban J connectivity index is 1.76. The topological polar surface area (TPSA) is 15.3 Å². The quantitative estimate of drug-likeness (QED) is 0.863. The third-order valence-corrected chi connectivity index (χ3v) is 3.52. The lowest BCUT2D eigenvalue weighted by molar-refractivity contribution is 0.206. The maximum absolute atomic E-state index is 13.0. The first-order chi connectivity index (χ1) is 8.28. The lowest BCUT2D eigenvalue weighted by Gasteiger charge is -2.31. The summed E-state index contributed by atoms with van der Waals surface area (Å²) in [6.45, 7) is 6.49. The van der Waals surface area contributed by atoms with Gasteiger partial charge < -0.3 is 10.2 Å². The highest BCUT2D eigenvalue weighted by molar-refractivity contribution is 5.16. The summed E-state index contributed by atoms with van der Waals surface area (Å²) in [6, 6.07) is 7.42. The Kier molecular flexibility index (Phi) is 4.51. The van der Waals surface area contributed by atoms with Crippen molar-refractivity contribution in [2.24, 2.45) is 0 Å². The van der Waals surface area contributed by atoms with E-state index in [0.717, 1.165) is 18.7 Å². The van der Waals surface area contributed by atoms with Gasteiger partial charge in [0.15, 0.2) is 0 Å². The Morgan fingerprint density at radius 2 is 2.12 bits per heavy atom. The predicted octanol–water partition coefficient (Wildman–Crippen LogP) is 2.40. The molecule has 1 fully saturated rings. The van der Waals surface area contributed by atoms with E-state index in [1.54, 1.807) is 12.1 Å². The number of halogens is 1. The van der Waals surface area contributed by atoms with E-state index in [1.807, 2.05) is 6.07 Å². The standard InChI is InChI=1S/C14H21FN2/c1-2-17-8-6-14(7-9-17)16-11-12-4-3-5-13(15)10-12/h3-5,10,14,16H,2,6-9,11H2,1H3. The summed E-state index contributed by atoms with van der Waals surface area (Å²) in [4.78, 5) is 2.47. The average Bonchev–Trinajstić information content (AvgIpc) is 2.37. The van der Waals surface area contributed by atoms with Crippen molar-refractivity contribution in [3.05, 3.63) is 35.6 Å². The molecule has 0 radical (unpaired) electrons. The van der Waals surface area contributed by atoms with E-state index >= 15 is 0 Å². The smallest absolute Gasteiger partial charge is 0.123 e. The number of hydrogen-bond acceptors (Lipinski definition) is 2. The summed E-state index contributed by atoms with van der Waals surface area (Å²) >= 11 is 0. The minimum atomic E-state index is -0.148. The number of likely N-dealkylation sites (tertiary alicyclic amines) is 1. The molecule has 1 aromatic carbocycles. The zero-order chi connectivity index (χ0) is 12.1. The van der Waals surface area contributed by atoms with Gasteiger partial charge >= 0.3 is 0 Å². The highest BCUT2D eigenvalue weighted by Crippen LogP contribution is 2.11. The largest absolute Gasteiger partial charge is 0.310 e. The number of nitrogens with one attached hydrogen (secondary N) is 1. The molecule has 17 heavy (non-hydrogen) atoms. The minimum absolute atomic E-state index is 0.148. The van der Waals surface area contributed by atoms with Crippen molar-refractivity contribution in [2.45, 2.75) is 32.4 Å². The molecule has 0 unspecified atom stereocenters. The van der Waals surface area contributed by atoms with Gasteiger partial charge in [0.05, 0.1) is 0 Å². The first-order valence-electron chi connectivity index (χ1n) is 6.48. The highest BCUT2D eigenvalue weighted by atomic mass is 19.1. The van der Waals surface area contributed by atoms with Crippen LogP contribution < -0.4 is 5.32 Å². The molecule has 0 aromatic heterocycles. The van der Waals surface area contributed by atoms with Gasteiger partial charge in [0.25, 0.3) is 0 Å². The van der Waals surface area contributed by atoms with Crippen molar-refractivity contribution in [2.75, 3.05) is 19.6 Å². The fourth-order valence-electron chi connectivity index (χ4n) is 2.36. The number of benzene rings is 1. The second-order valence-corrected chi connectivity index (χ2v) is 4.72. The van der Waals surface area contributed by atoms with Gasteiger partial charge in [-0.1, -0.05) is 19.1 Å². The SMILES string of the molecule is CCN1CCC(NCc2cccc(F)c2)CC1. The molecule has 1 saturated heterocycles. The molecule has 1 aliphatic heterocycles. The van der Waals surface area contributed by atoms with Crippen LogP contribution in [0.1, 0.15) is 25.3 Å². The molecule has 0 spiro atoms. The van der Waals surface area contributed by atoms with Gasteiger partial charge in [0.2, 0.25) is 0 Å². The van der Waals surface area contributed by atoms with Crippen molar-refractivity contribution in [3.63, 3.8) is 0 Å². The van der Waals surface area contributed by atoms with E-state index in [0.29, 0.717) is 6.04 Å². The molecule has 0 bridgehead atoms. The van der Waals surface area contributed by atoms with Crippen LogP contribution in [0.3, 0.4) is 0 Å². The molecule has 94 valence electrons. The Morgan fingerprint density at radius 3 is 2.76 bits per heavy atom. The molecule has 0 atom stereocenters. The fraction of sp³-hybridized carbons (Fsp3) is 0.571. The molecule has 2 nitrogen and oxygen atoms in total.